The van der Waals surface area contributed by atoms with Crippen molar-refractivity contribution in [1.82, 2.24) is 9.97 Å². The number of carbonyl (C=O) groups excluding carboxylic acids is 1. The first-order valence-electron chi connectivity index (χ1n) is 6.69. The molecule has 24 heavy (non-hydrogen) atoms. The lowest BCUT2D eigenvalue weighted by atomic mass is 10.2. The number of nitrogens with zero attached hydrogens (tertiary/aromatic N) is 2. The predicted octanol–water partition coefficient (Wildman–Crippen LogP) is 2.31. The van der Waals surface area contributed by atoms with E-state index in [1.807, 2.05) is 6.07 Å². The van der Waals surface area contributed by atoms with Gasteiger partial charge in [-0.3, -0.25) is 9.78 Å². The summed E-state index contributed by atoms with van der Waals surface area (Å²) in [4.78, 5) is 32.7. The lowest BCUT2D eigenvalue weighted by molar-refractivity contribution is 0.0531. The van der Waals surface area contributed by atoms with Crippen LogP contribution in [0.25, 0.3) is 0 Å². The summed E-state index contributed by atoms with van der Waals surface area (Å²) in [6, 6.07) is 1.97. The maximum Gasteiger partial charge on any atom is 0.348 e. The molecular weight excluding hydrogens is 352 g/mol. The van der Waals surface area contributed by atoms with Crippen LogP contribution in [0.5, 0.6) is 5.88 Å². The quantitative estimate of drug-likeness (QED) is 0.433. The van der Waals surface area contributed by atoms with E-state index in [2.05, 4.69) is 15.0 Å². The fraction of sp³-hybridized carbons (Fsp3) is 0.214. The van der Waals surface area contributed by atoms with Gasteiger partial charge in [-0.05, 0) is 31.6 Å². The van der Waals surface area contributed by atoms with Crippen LogP contribution in [0.15, 0.2) is 9.79 Å². The Morgan fingerprint density at radius 1 is 1.54 bits per heavy atom. The first kappa shape index (κ1) is 17.6. The number of ether oxygens (including phenoxy) is 1. The average Bonchev–Trinajstić information content (AvgIpc) is 2.82. The largest absolute Gasteiger partial charge is 0.494 e. The van der Waals surface area contributed by atoms with Gasteiger partial charge in [0.1, 0.15) is 21.5 Å². The van der Waals surface area contributed by atoms with Crippen molar-refractivity contribution in [2.75, 3.05) is 6.61 Å². The number of nitrogens with one attached hydrogen (secondary N) is 2. The van der Waals surface area contributed by atoms with Gasteiger partial charge in [-0.15, -0.1) is 11.3 Å². The van der Waals surface area contributed by atoms with Gasteiger partial charge < -0.3 is 14.8 Å². The van der Waals surface area contributed by atoms with Gasteiger partial charge in [-0.25, -0.2) is 9.79 Å². The number of aromatic hydroxyl groups is 1. The number of H-pyrrole nitrogens is 2. The highest BCUT2D eigenvalue weighted by Crippen LogP contribution is 2.35. The highest BCUT2D eigenvalue weighted by Gasteiger charge is 2.20. The Morgan fingerprint density at radius 3 is 2.83 bits per heavy atom. The molecule has 0 spiro atoms. The van der Waals surface area contributed by atoms with Gasteiger partial charge in [0.15, 0.2) is 4.77 Å². The van der Waals surface area contributed by atoms with E-state index >= 15 is 0 Å². The molecule has 0 saturated heterocycles. The van der Waals surface area contributed by atoms with Crippen LogP contribution >= 0.6 is 23.6 Å². The molecule has 0 atom stereocenters. The summed E-state index contributed by atoms with van der Waals surface area (Å²) in [6.07, 6.45) is 1.10. The predicted molar refractivity (Wildman–Crippen MR) is 90.9 cm³/mol. The molecule has 124 valence electrons. The number of rotatable bonds is 4. The Morgan fingerprint density at radius 2 is 2.25 bits per heavy atom. The smallest absolute Gasteiger partial charge is 0.348 e. The van der Waals surface area contributed by atoms with E-state index in [0.717, 1.165) is 17.6 Å². The lowest BCUT2D eigenvalue weighted by Crippen LogP contribution is -2.13. The third-order valence-corrected chi connectivity index (χ3v) is 4.35. The number of aliphatic imine (C=N–C) groups is 1. The molecule has 0 radical (unpaired) electrons. The molecule has 3 N–H and O–H groups in total. The van der Waals surface area contributed by atoms with E-state index in [0.29, 0.717) is 5.56 Å². The topological polar surface area (TPSA) is 131 Å². The molecule has 0 aliphatic rings. The zero-order valence-electron chi connectivity index (χ0n) is 12.7. The Kier molecular flexibility index (Phi) is 5.28. The number of nitriles is 1. The minimum atomic E-state index is -0.627. The highest BCUT2D eigenvalue weighted by molar-refractivity contribution is 7.71. The molecule has 2 aromatic heterocycles. The van der Waals surface area contributed by atoms with Crippen LogP contribution in [0.2, 0.25) is 0 Å². The summed E-state index contributed by atoms with van der Waals surface area (Å²) in [5, 5.41) is 19.2. The van der Waals surface area contributed by atoms with Crippen molar-refractivity contribution in [3.8, 4) is 11.9 Å². The number of hydrogen-bond donors (Lipinski definition) is 3. The Balaban J connectivity index is 2.49. The van der Waals surface area contributed by atoms with E-state index in [-0.39, 0.29) is 32.4 Å². The van der Waals surface area contributed by atoms with Crippen molar-refractivity contribution >= 4 is 40.7 Å². The van der Waals surface area contributed by atoms with E-state index < -0.39 is 17.4 Å². The standard InChI is InChI=1S/C14H12N4O4S2/c1-3-22-13(21)9-6(2)7(4-15)12(24-9)16-5-8-10(19)17-14(23)18-11(8)20/h5H,3H2,1-2H3,(H3,17,18,19,20,23)/b16-5+. The van der Waals surface area contributed by atoms with Crippen LogP contribution < -0.4 is 5.56 Å². The van der Waals surface area contributed by atoms with Gasteiger partial charge in [-0.1, -0.05) is 0 Å². The molecule has 0 aliphatic carbocycles. The molecule has 2 heterocycles. The van der Waals surface area contributed by atoms with Gasteiger partial charge in [0.25, 0.3) is 5.56 Å². The second-order valence-corrected chi connectivity index (χ2v) is 5.90. The molecule has 0 aliphatic heterocycles. The first-order chi connectivity index (χ1) is 11.4. The van der Waals surface area contributed by atoms with Crippen molar-refractivity contribution in [3.63, 3.8) is 0 Å². The summed E-state index contributed by atoms with van der Waals surface area (Å²) in [7, 11) is 0. The summed E-state index contributed by atoms with van der Waals surface area (Å²) in [6.45, 7) is 3.51. The van der Waals surface area contributed by atoms with Gasteiger partial charge in [-0.2, -0.15) is 5.26 Å². The Labute approximate surface area is 145 Å². The fourth-order valence-corrected chi connectivity index (χ4v) is 3.03. The van der Waals surface area contributed by atoms with Crippen molar-refractivity contribution in [3.05, 3.63) is 36.7 Å². The van der Waals surface area contributed by atoms with Gasteiger partial charge in [0, 0.05) is 6.21 Å². The number of hydrogen-bond acceptors (Lipinski definition) is 8. The highest BCUT2D eigenvalue weighted by atomic mass is 32.1. The average molecular weight is 364 g/mol. The molecule has 0 unspecified atom stereocenters. The molecular formula is C14H12N4O4S2. The van der Waals surface area contributed by atoms with E-state index in [1.54, 1.807) is 13.8 Å². The van der Waals surface area contributed by atoms with Crippen molar-refractivity contribution in [2.24, 2.45) is 4.99 Å². The molecule has 0 amide bonds. The maximum absolute atomic E-state index is 11.9. The number of esters is 1. The van der Waals surface area contributed by atoms with Crippen LogP contribution in [0.4, 0.5) is 5.00 Å². The number of aromatic amines is 2. The number of thiophene rings is 1. The molecule has 0 aromatic carbocycles. The van der Waals surface area contributed by atoms with E-state index in [9.17, 15) is 20.0 Å². The Bertz CT molecular complexity index is 978. The summed E-state index contributed by atoms with van der Waals surface area (Å²) in [5.74, 6) is -0.979. The molecule has 0 saturated carbocycles. The van der Waals surface area contributed by atoms with Crippen LogP contribution in [0.3, 0.4) is 0 Å². The van der Waals surface area contributed by atoms with Crippen LogP contribution in [-0.2, 0) is 4.74 Å². The van der Waals surface area contributed by atoms with Crippen LogP contribution in [0.1, 0.15) is 33.3 Å². The Hall–Kier alpha value is -2.77. The van der Waals surface area contributed by atoms with Crippen molar-refractivity contribution in [2.45, 2.75) is 13.8 Å². The van der Waals surface area contributed by atoms with E-state index in [1.165, 1.54) is 0 Å². The van der Waals surface area contributed by atoms with Crippen molar-refractivity contribution in [1.29, 1.82) is 5.26 Å². The third kappa shape index (κ3) is 3.42. The minimum absolute atomic E-state index is 0.0241. The zero-order valence-corrected chi connectivity index (χ0v) is 14.3. The monoisotopic (exact) mass is 364 g/mol. The molecule has 0 bridgehead atoms. The fourth-order valence-electron chi connectivity index (χ4n) is 1.84. The molecule has 8 nitrogen and oxygen atoms in total. The molecule has 10 heteroatoms. The molecule has 0 fully saturated rings. The van der Waals surface area contributed by atoms with E-state index in [4.69, 9.17) is 17.0 Å². The third-order valence-electron chi connectivity index (χ3n) is 2.97. The lowest BCUT2D eigenvalue weighted by Gasteiger charge is -1.98. The first-order valence-corrected chi connectivity index (χ1v) is 7.91. The minimum Gasteiger partial charge on any atom is -0.494 e. The SMILES string of the molecule is CCOC(=O)c1sc(/N=C/c2c(O)[nH]c(=S)[nH]c2=O)c(C#N)c1C. The summed E-state index contributed by atoms with van der Waals surface area (Å²) in [5.41, 5.74) is -0.105. The van der Waals surface area contributed by atoms with Gasteiger partial charge >= 0.3 is 5.97 Å². The van der Waals surface area contributed by atoms with Crippen LogP contribution in [0, 0.1) is 23.0 Å². The van der Waals surface area contributed by atoms with Crippen molar-refractivity contribution < 1.29 is 14.6 Å². The second-order valence-electron chi connectivity index (χ2n) is 4.50. The van der Waals surface area contributed by atoms with Crippen LogP contribution in [-0.4, -0.2) is 33.9 Å². The van der Waals surface area contributed by atoms with Gasteiger partial charge in [0.05, 0.1) is 12.2 Å². The summed E-state index contributed by atoms with van der Waals surface area (Å²) < 4.78 is 4.91. The maximum atomic E-state index is 11.9. The molecule has 2 aromatic rings. The molecule has 2 rings (SSSR count). The normalized spacial score (nSPS) is 10.7. The number of aromatic nitrogens is 2. The number of carbonyl (C=O) groups is 1. The zero-order chi connectivity index (χ0) is 17.9. The second kappa shape index (κ2) is 7.20. The van der Waals surface area contributed by atoms with Gasteiger partial charge in [0.2, 0.25) is 5.88 Å². The summed E-state index contributed by atoms with van der Waals surface area (Å²) >= 11 is 5.70.